The van der Waals surface area contributed by atoms with Gasteiger partial charge in [0.1, 0.15) is 23.5 Å². The van der Waals surface area contributed by atoms with Crippen LogP contribution in [-0.4, -0.2) is 15.7 Å². The van der Waals surface area contributed by atoms with E-state index in [2.05, 4.69) is 4.98 Å². The molecule has 1 aromatic heterocycles. The van der Waals surface area contributed by atoms with Crippen LogP contribution >= 0.6 is 0 Å². The maximum absolute atomic E-state index is 13.1. The van der Waals surface area contributed by atoms with E-state index in [1.807, 2.05) is 10.8 Å². The predicted molar refractivity (Wildman–Crippen MR) is 64.6 cm³/mol. The first-order valence-corrected chi connectivity index (χ1v) is 5.91. The lowest BCUT2D eigenvalue weighted by Gasteiger charge is -2.13. The van der Waals surface area contributed by atoms with Crippen molar-refractivity contribution in [3.05, 3.63) is 47.8 Å². The van der Waals surface area contributed by atoms with Gasteiger partial charge in [-0.25, -0.2) is 9.37 Å². The second-order valence-corrected chi connectivity index (χ2v) is 4.40. The van der Waals surface area contributed by atoms with Crippen LogP contribution in [-0.2, 0) is 19.5 Å². The summed E-state index contributed by atoms with van der Waals surface area (Å²) in [5.74, 6) is 1.39. The van der Waals surface area contributed by atoms with Crippen molar-refractivity contribution >= 4 is 0 Å². The molecule has 3 rings (SSSR count). The summed E-state index contributed by atoms with van der Waals surface area (Å²) in [4.78, 5) is 4.16. The van der Waals surface area contributed by atoms with E-state index < -0.39 is 0 Å². The predicted octanol–water partition coefficient (Wildman–Crippen LogP) is 1.48. The molecule has 4 nitrogen and oxygen atoms in total. The molecule has 2 N–H and O–H groups in total. The zero-order valence-electron chi connectivity index (χ0n) is 9.84. The Kier molecular flexibility index (Phi) is 2.76. The average Bonchev–Trinajstić information content (AvgIpc) is 2.94. The van der Waals surface area contributed by atoms with E-state index in [4.69, 9.17) is 10.5 Å². The summed E-state index contributed by atoms with van der Waals surface area (Å²) in [5, 5.41) is 0. The van der Waals surface area contributed by atoms with Gasteiger partial charge < -0.3 is 15.0 Å². The van der Waals surface area contributed by atoms with Crippen molar-refractivity contribution in [1.29, 1.82) is 0 Å². The molecular formula is C13H14FN3O. The fraction of sp³-hybridized carbons (Fsp3) is 0.308. The molecule has 5 heteroatoms. The molecule has 0 bridgehead atoms. The van der Waals surface area contributed by atoms with Gasteiger partial charge in [0, 0.05) is 24.4 Å². The Bertz CT molecular complexity index is 567. The third kappa shape index (κ3) is 1.97. The fourth-order valence-corrected chi connectivity index (χ4v) is 2.31. The van der Waals surface area contributed by atoms with Gasteiger partial charge in [-0.3, -0.25) is 0 Å². The van der Waals surface area contributed by atoms with Crippen LogP contribution in [0.1, 0.15) is 11.4 Å². The lowest BCUT2D eigenvalue weighted by Crippen LogP contribution is -2.22. The average molecular weight is 247 g/mol. The number of hydrogen-bond acceptors (Lipinski definition) is 3. The van der Waals surface area contributed by atoms with Crippen LogP contribution in [0.15, 0.2) is 30.6 Å². The van der Waals surface area contributed by atoms with Crippen LogP contribution in [0.3, 0.4) is 0 Å². The van der Waals surface area contributed by atoms with E-state index in [0.717, 1.165) is 23.6 Å². The van der Waals surface area contributed by atoms with Crippen LogP contribution in [0.4, 0.5) is 4.39 Å². The van der Waals surface area contributed by atoms with Crippen molar-refractivity contribution < 1.29 is 9.13 Å². The monoisotopic (exact) mass is 247 g/mol. The van der Waals surface area contributed by atoms with Crippen molar-refractivity contribution in [3.8, 4) is 5.75 Å². The number of nitrogens with zero attached hydrogens (tertiary/aromatic N) is 2. The summed E-state index contributed by atoms with van der Waals surface area (Å²) >= 11 is 0. The number of ether oxygens (including phenoxy) is 1. The molecule has 0 saturated carbocycles. The third-order valence-corrected chi connectivity index (χ3v) is 3.15. The van der Waals surface area contributed by atoms with E-state index >= 15 is 0 Å². The number of rotatable bonds is 3. The largest absolute Gasteiger partial charge is 0.488 e. The molecule has 1 unspecified atom stereocenters. The maximum atomic E-state index is 13.1. The summed E-state index contributed by atoms with van der Waals surface area (Å²) in [5.41, 5.74) is 6.53. The first-order chi connectivity index (χ1) is 8.76. The highest BCUT2D eigenvalue weighted by Crippen LogP contribution is 2.29. The molecule has 1 atom stereocenters. The number of hydrogen-bond donors (Lipinski definition) is 1. The lowest BCUT2D eigenvalue weighted by molar-refractivity contribution is 0.207. The summed E-state index contributed by atoms with van der Waals surface area (Å²) < 4.78 is 20.9. The Labute approximate surface area is 104 Å². The van der Waals surface area contributed by atoms with Gasteiger partial charge in [-0.2, -0.15) is 0 Å². The number of halogens is 1. The second kappa shape index (κ2) is 4.42. The SMILES string of the molecule is NCc1nccn1CC1Cc2cc(F)ccc2O1. The molecule has 0 fully saturated rings. The van der Waals surface area contributed by atoms with Crippen molar-refractivity contribution in [1.82, 2.24) is 9.55 Å². The van der Waals surface area contributed by atoms with E-state index in [1.54, 1.807) is 12.3 Å². The van der Waals surface area contributed by atoms with Crippen LogP contribution in [0.25, 0.3) is 0 Å². The molecule has 0 aliphatic carbocycles. The molecule has 1 aliphatic heterocycles. The molecular weight excluding hydrogens is 233 g/mol. The number of nitrogens with two attached hydrogens (primary N) is 1. The zero-order chi connectivity index (χ0) is 12.5. The quantitative estimate of drug-likeness (QED) is 0.894. The van der Waals surface area contributed by atoms with Crippen molar-refractivity contribution in [2.45, 2.75) is 25.6 Å². The summed E-state index contributed by atoms with van der Waals surface area (Å²) in [6.07, 6.45) is 4.34. The first-order valence-electron chi connectivity index (χ1n) is 5.91. The van der Waals surface area contributed by atoms with E-state index in [-0.39, 0.29) is 11.9 Å². The zero-order valence-corrected chi connectivity index (χ0v) is 9.84. The minimum absolute atomic E-state index is 0.0151. The smallest absolute Gasteiger partial charge is 0.123 e. The Morgan fingerprint density at radius 2 is 2.39 bits per heavy atom. The Morgan fingerprint density at radius 3 is 3.22 bits per heavy atom. The van der Waals surface area contributed by atoms with Crippen LogP contribution < -0.4 is 10.5 Å². The molecule has 0 radical (unpaired) electrons. The highest BCUT2D eigenvalue weighted by atomic mass is 19.1. The van der Waals surface area contributed by atoms with Crippen LogP contribution in [0, 0.1) is 5.82 Å². The number of benzene rings is 1. The molecule has 1 aliphatic rings. The van der Waals surface area contributed by atoms with Gasteiger partial charge in [0.2, 0.25) is 0 Å². The molecule has 0 amide bonds. The van der Waals surface area contributed by atoms with Crippen molar-refractivity contribution in [2.24, 2.45) is 5.73 Å². The highest BCUT2D eigenvalue weighted by molar-refractivity contribution is 5.37. The van der Waals surface area contributed by atoms with E-state index in [9.17, 15) is 4.39 Å². The topological polar surface area (TPSA) is 53.1 Å². The highest BCUT2D eigenvalue weighted by Gasteiger charge is 2.24. The molecule has 2 aromatic rings. The summed E-state index contributed by atoms with van der Waals surface area (Å²) in [7, 11) is 0. The summed E-state index contributed by atoms with van der Waals surface area (Å²) in [6.45, 7) is 1.09. The molecule has 2 heterocycles. The Morgan fingerprint density at radius 1 is 1.50 bits per heavy atom. The number of imidazole rings is 1. The van der Waals surface area contributed by atoms with E-state index in [0.29, 0.717) is 13.1 Å². The minimum Gasteiger partial charge on any atom is -0.488 e. The van der Waals surface area contributed by atoms with Gasteiger partial charge >= 0.3 is 0 Å². The normalized spacial score (nSPS) is 17.6. The van der Waals surface area contributed by atoms with Crippen molar-refractivity contribution in [2.75, 3.05) is 0 Å². The van der Waals surface area contributed by atoms with Crippen LogP contribution in [0.2, 0.25) is 0 Å². The number of fused-ring (bicyclic) bond motifs is 1. The minimum atomic E-state index is -0.219. The molecule has 0 spiro atoms. The Hall–Kier alpha value is -1.88. The summed E-state index contributed by atoms with van der Waals surface area (Å²) in [6, 6.07) is 4.64. The molecule has 1 aromatic carbocycles. The maximum Gasteiger partial charge on any atom is 0.123 e. The van der Waals surface area contributed by atoms with Gasteiger partial charge in [0.25, 0.3) is 0 Å². The fourth-order valence-electron chi connectivity index (χ4n) is 2.31. The van der Waals surface area contributed by atoms with Crippen LogP contribution in [0.5, 0.6) is 5.75 Å². The van der Waals surface area contributed by atoms with Gasteiger partial charge in [0.05, 0.1) is 13.1 Å². The third-order valence-electron chi connectivity index (χ3n) is 3.15. The van der Waals surface area contributed by atoms with E-state index in [1.165, 1.54) is 12.1 Å². The number of aromatic nitrogens is 2. The standard InChI is InChI=1S/C13H14FN3O/c14-10-1-2-12-9(5-10)6-11(18-12)8-17-4-3-16-13(17)7-15/h1-5,11H,6-8,15H2. The lowest BCUT2D eigenvalue weighted by atomic mass is 10.1. The second-order valence-electron chi connectivity index (χ2n) is 4.40. The first kappa shape index (κ1) is 11.2. The molecule has 94 valence electrons. The van der Waals surface area contributed by atoms with Gasteiger partial charge in [-0.15, -0.1) is 0 Å². The molecule has 18 heavy (non-hydrogen) atoms. The molecule has 0 saturated heterocycles. The van der Waals surface area contributed by atoms with Gasteiger partial charge in [0.15, 0.2) is 0 Å². The van der Waals surface area contributed by atoms with Gasteiger partial charge in [-0.1, -0.05) is 0 Å². The van der Waals surface area contributed by atoms with Crippen molar-refractivity contribution in [3.63, 3.8) is 0 Å². The van der Waals surface area contributed by atoms with Gasteiger partial charge in [-0.05, 0) is 18.2 Å². The Balaban J connectivity index is 1.75.